The molecule has 132 valence electrons. The molecule has 2 heterocycles. The van der Waals surface area contributed by atoms with E-state index in [1.54, 1.807) is 17.9 Å². The van der Waals surface area contributed by atoms with Gasteiger partial charge in [0.15, 0.2) is 11.6 Å². The topological polar surface area (TPSA) is 61.8 Å². The highest BCUT2D eigenvalue weighted by molar-refractivity contribution is 5.71. The van der Waals surface area contributed by atoms with Crippen LogP contribution in [0.25, 0.3) is 0 Å². The maximum absolute atomic E-state index is 13.9. The maximum Gasteiger partial charge on any atom is 0.415 e. The number of carbonyl (C=O) groups excluding carboxylic acids is 1. The number of halogens is 1. The summed E-state index contributed by atoms with van der Waals surface area (Å²) in [5.41, 5.74) is 0.777. The van der Waals surface area contributed by atoms with Crippen LogP contribution >= 0.6 is 0 Å². The molecule has 3 unspecified atom stereocenters. The molecule has 0 spiro atoms. The molecule has 1 amide bonds. The summed E-state index contributed by atoms with van der Waals surface area (Å²) in [6, 6.07) is 4.49. The zero-order valence-electron chi connectivity index (χ0n) is 14.0. The van der Waals surface area contributed by atoms with Gasteiger partial charge in [0.1, 0.15) is 0 Å². The highest BCUT2D eigenvalue weighted by Gasteiger charge is 2.37. The van der Waals surface area contributed by atoms with Crippen LogP contribution in [-0.2, 0) is 0 Å². The van der Waals surface area contributed by atoms with Crippen LogP contribution in [0.2, 0.25) is 0 Å². The van der Waals surface area contributed by atoms with Crippen molar-refractivity contribution >= 4 is 6.09 Å². The van der Waals surface area contributed by atoms with Crippen LogP contribution in [-0.4, -0.2) is 47.9 Å². The number of hydrogen-bond donors (Lipinski definition) is 2. The summed E-state index contributed by atoms with van der Waals surface area (Å²) < 4.78 is 19.3. The molecule has 2 fully saturated rings. The van der Waals surface area contributed by atoms with Crippen LogP contribution in [0, 0.1) is 18.7 Å². The van der Waals surface area contributed by atoms with Gasteiger partial charge in [-0.05, 0) is 69.3 Å². The first-order valence-corrected chi connectivity index (χ1v) is 8.68. The number of rotatable bonds is 2. The minimum absolute atomic E-state index is 0.0442. The predicted octanol–water partition coefficient (Wildman–Crippen LogP) is 2.46. The van der Waals surface area contributed by atoms with E-state index in [9.17, 15) is 14.3 Å². The molecule has 5 nitrogen and oxygen atoms in total. The Kier molecular flexibility index (Phi) is 5.36. The third-order valence-electron chi connectivity index (χ3n) is 5.02. The fraction of sp³-hybridized carbons (Fsp3) is 0.611. The number of piperidine rings is 2. The highest BCUT2D eigenvalue weighted by atomic mass is 19.1. The first-order valence-electron chi connectivity index (χ1n) is 8.68. The molecular weight excluding hydrogens is 311 g/mol. The third kappa shape index (κ3) is 3.87. The zero-order valence-corrected chi connectivity index (χ0v) is 14.0. The van der Waals surface area contributed by atoms with Gasteiger partial charge < -0.3 is 20.1 Å². The first kappa shape index (κ1) is 17.2. The third-order valence-corrected chi connectivity index (χ3v) is 5.02. The Morgan fingerprint density at radius 1 is 1.42 bits per heavy atom. The van der Waals surface area contributed by atoms with E-state index in [-0.39, 0.29) is 11.8 Å². The first-order chi connectivity index (χ1) is 11.5. The highest BCUT2D eigenvalue weighted by Crippen LogP contribution is 2.29. The lowest BCUT2D eigenvalue weighted by Crippen LogP contribution is -2.54. The number of carbonyl (C=O) groups is 1. The molecule has 0 radical (unpaired) electrons. The SMILES string of the molecule is Cc1ccc(OC(=O)N2CCC(O)CC2C2CCCNC2)c(F)c1. The van der Waals surface area contributed by atoms with E-state index >= 15 is 0 Å². The second-order valence-corrected chi connectivity index (χ2v) is 6.85. The van der Waals surface area contributed by atoms with Crippen molar-refractivity contribution in [2.75, 3.05) is 19.6 Å². The molecular formula is C18H25FN2O3. The van der Waals surface area contributed by atoms with Crippen LogP contribution in [0.5, 0.6) is 5.75 Å². The lowest BCUT2D eigenvalue weighted by Gasteiger charge is -2.42. The molecule has 24 heavy (non-hydrogen) atoms. The van der Waals surface area contributed by atoms with Crippen LogP contribution in [0.15, 0.2) is 18.2 Å². The van der Waals surface area contributed by atoms with Crippen molar-refractivity contribution in [3.63, 3.8) is 0 Å². The normalized spacial score (nSPS) is 27.8. The van der Waals surface area contributed by atoms with E-state index in [4.69, 9.17) is 4.74 Å². The molecule has 1 aromatic rings. The monoisotopic (exact) mass is 336 g/mol. The van der Waals surface area contributed by atoms with E-state index in [1.165, 1.54) is 12.1 Å². The fourth-order valence-electron chi connectivity index (χ4n) is 3.70. The van der Waals surface area contributed by atoms with E-state index in [2.05, 4.69) is 5.32 Å². The van der Waals surface area contributed by atoms with Crippen LogP contribution in [0.1, 0.15) is 31.2 Å². The Balaban J connectivity index is 1.72. The van der Waals surface area contributed by atoms with Crippen molar-refractivity contribution < 1.29 is 19.0 Å². The van der Waals surface area contributed by atoms with E-state index in [1.807, 2.05) is 0 Å². The second kappa shape index (κ2) is 7.49. The van der Waals surface area contributed by atoms with Gasteiger partial charge in [0.2, 0.25) is 0 Å². The van der Waals surface area contributed by atoms with Crippen molar-refractivity contribution in [2.45, 2.75) is 44.8 Å². The average molecular weight is 336 g/mol. The number of aliphatic hydroxyl groups is 1. The standard InChI is InChI=1S/C18H25FN2O3/c1-12-4-5-17(15(19)9-12)24-18(23)21-8-6-14(22)10-16(21)13-3-2-7-20-11-13/h4-5,9,13-14,16,20,22H,2-3,6-8,10-11H2,1H3. The number of aryl methyl sites for hydroxylation is 1. The van der Waals surface area contributed by atoms with Crippen LogP contribution in [0.4, 0.5) is 9.18 Å². The lowest BCUT2D eigenvalue weighted by atomic mass is 9.84. The minimum atomic E-state index is -0.531. The molecule has 2 aliphatic heterocycles. The second-order valence-electron chi connectivity index (χ2n) is 6.85. The number of likely N-dealkylation sites (tertiary alicyclic amines) is 1. The smallest absolute Gasteiger partial charge is 0.407 e. The van der Waals surface area contributed by atoms with Gasteiger partial charge in [0.05, 0.1) is 6.10 Å². The number of hydrogen-bond acceptors (Lipinski definition) is 4. The van der Waals surface area contributed by atoms with Crippen molar-refractivity contribution in [3.8, 4) is 5.75 Å². The molecule has 0 bridgehead atoms. The van der Waals surface area contributed by atoms with E-state index < -0.39 is 18.0 Å². The number of benzene rings is 1. The number of amides is 1. The molecule has 3 atom stereocenters. The lowest BCUT2D eigenvalue weighted by molar-refractivity contribution is 0.0196. The molecule has 6 heteroatoms. The maximum atomic E-state index is 13.9. The van der Waals surface area contributed by atoms with Gasteiger partial charge in [-0.15, -0.1) is 0 Å². The Morgan fingerprint density at radius 2 is 2.25 bits per heavy atom. The molecule has 2 saturated heterocycles. The number of aliphatic hydroxyl groups excluding tert-OH is 1. The van der Waals surface area contributed by atoms with Crippen molar-refractivity contribution in [1.29, 1.82) is 0 Å². The molecule has 2 N–H and O–H groups in total. The fourth-order valence-corrected chi connectivity index (χ4v) is 3.70. The van der Waals surface area contributed by atoms with E-state index in [0.717, 1.165) is 31.5 Å². The Labute approximate surface area is 141 Å². The van der Waals surface area contributed by atoms with E-state index in [0.29, 0.717) is 25.3 Å². The number of ether oxygens (including phenoxy) is 1. The summed E-state index contributed by atoms with van der Waals surface area (Å²) in [5.74, 6) is -0.280. The average Bonchev–Trinajstić information content (AvgIpc) is 2.58. The number of nitrogens with one attached hydrogen (secondary N) is 1. The van der Waals surface area contributed by atoms with Gasteiger partial charge in [-0.25, -0.2) is 9.18 Å². The molecule has 1 aromatic carbocycles. The summed E-state index contributed by atoms with van der Waals surface area (Å²) in [6.45, 7) is 4.05. The summed E-state index contributed by atoms with van der Waals surface area (Å²) in [7, 11) is 0. The number of nitrogens with zero attached hydrogens (tertiary/aromatic N) is 1. The Bertz CT molecular complexity index is 590. The molecule has 2 aliphatic rings. The van der Waals surface area contributed by atoms with Gasteiger partial charge >= 0.3 is 6.09 Å². The summed E-state index contributed by atoms with van der Waals surface area (Å²) in [5, 5.41) is 13.4. The minimum Gasteiger partial charge on any atom is -0.407 e. The quantitative estimate of drug-likeness (QED) is 0.871. The van der Waals surface area contributed by atoms with Gasteiger partial charge in [-0.3, -0.25) is 0 Å². The summed E-state index contributed by atoms with van der Waals surface area (Å²) in [4.78, 5) is 14.3. The molecule has 0 aromatic heterocycles. The molecule has 0 saturated carbocycles. The van der Waals surface area contributed by atoms with Crippen molar-refractivity contribution in [1.82, 2.24) is 10.2 Å². The Morgan fingerprint density at radius 3 is 2.96 bits per heavy atom. The van der Waals surface area contributed by atoms with Crippen molar-refractivity contribution in [3.05, 3.63) is 29.6 Å². The van der Waals surface area contributed by atoms with Gasteiger partial charge in [-0.1, -0.05) is 6.07 Å². The van der Waals surface area contributed by atoms with Gasteiger partial charge in [0, 0.05) is 12.6 Å². The van der Waals surface area contributed by atoms with Gasteiger partial charge in [0.25, 0.3) is 0 Å². The largest absolute Gasteiger partial charge is 0.415 e. The summed E-state index contributed by atoms with van der Waals surface area (Å²) >= 11 is 0. The zero-order chi connectivity index (χ0) is 17.1. The molecule has 3 rings (SSSR count). The molecule has 0 aliphatic carbocycles. The van der Waals surface area contributed by atoms with Gasteiger partial charge in [-0.2, -0.15) is 0 Å². The predicted molar refractivity (Wildman–Crippen MR) is 88.5 cm³/mol. The van der Waals surface area contributed by atoms with Crippen molar-refractivity contribution in [2.24, 2.45) is 5.92 Å². The van der Waals surface area contributed by atoms with Crippen LogP contribution < -0.4 is 10.1 Å². The van der Waals surface area contributed by atoms with Crippen LogP contribution in [0.3, 0.4) is 0 Å². The Hall–Kier alpha value is -1.66. The summed E-state index contributed by atoms with van der Waals surface area (Å²) in [6.07, 6.45) is 2.25.